The lowest BCUT2D eigenvalue weighted by Crippen LogP contribution is -2.15. The minimum atomic E-state index is -0.294. The van der Waals surface area contributed by atoms with Crippen LogP contribution in [-0.4, -0.2) is 25.2 Å². The third-order valence-corrected chi connectivity index (χ3v) is 6.20. The van der Waals surface area contributed by atoms with Gasteiger partial charge in [0.2, 0.25) is 5.91 Å². The van der Waals surface area contributed by atoms with Gasteiger partial charge in [0.25, 0.3) is 0 Å². The summed E-state index contributed by atoms with van der Waals surface area (Å²) in [6, 6.07) is 14.0. The SMILES string of the molecule is Cc1nn(-c2ccc(F)cc2)c(C)c1CC(=O)Nc1cccc(-c2cn3c(n2)CCCC3)c1. The molecule has 2 aromatic carbocycles. The van der Waals surface area contributed by atoms with Crippen molar-refractivity contribution in [2.75, 3.05) is 5.32 Å². The van der Waals surface area contributed by atoms with Gasteiger partial charge in [-0.2, -0.15) is 5.10 Å². The lowest BCUT2D eigenvalue weighted by molar-refractivity contribution is -0.115. The van der Waals surface area contributed by atoms with Gasteiger partial charge in [-0.1, -0.05) is 12.1 Å². The number of carbonyl (C=O) groups excluding carboxylic acids is 1. The van der Waals surface area contributed by atoms with Gasteiger partial charge in [-0.3, -0.25) is 4.79 Å². The van der Waals surface area contributed by atoms with Crippen molar-refractivity contribution in [3.63, 3.8) is 0 Å². The van der Waals surface area contributed by atoms with Crippen LogP contribution < -0.4 is 5.32 Å². The van der Waals surface area contributed by atoms with Gasteiger partial charge < -0.3 is 9.88 Å². The lowest BCUT2D eigenvalue weighted by Gasteiger charge is -2.11. The number of amides is 1. The average molecular weight is 444 g/mol. The highest BCUT2D eigenvalue weighted by atomic mass is 19.1. The van der Waals surface area contributed by atoms with E-state index in [1.165, 1.54) is 25.0 Å². The van der Waals surface area contributed by atoms with Crippen molar-refractivity contribution >= 4 is 11.6 Å². The first kappa shape index (κ1) is 21.1. The summed E-state index contributed by atoms with van der Waals surface area (Å²) < 4.78 is 17.3. The van der Waals surface area contributed by atoms with Gasteiger partial charge in [-0.05, 0) is 63.1 Å². The van der Waals surface area contributed by atoms with Crippen molar-refractivity contribution in [1.82, 2.24) is 19.3 Å². The molecular weight excluding hydrogens is 417 g/mol. The van der Waals surface area contributed by atoms with Gasteiger partial charge in [-0.15, -0.1) is 0 Å². The van der Waals surface area contributed by atoms with Crippen molar-refractivity contribution in [2.24, 2.45) is 0 Å². The Labute approximate surface area is 192 Å². The molecule has 3 heterocycles. The number of hydrogen-bond donors (Lipinski definition) is 1. The van der Waals surface area contributed by atoms with Crippen LogP contribution in [0, 0.1) is 19.7 Å². The molecule has 33 heavy (non-hydrogen) atoms. The zero-order valence-electron chi connectivity index (χ0n) is 18.8. The van der Waals surface area contributed by atoms with Crippen LogP contribution in [0.5, 0.6) is 0 Å². The first-order valence-electron chi connectivity index (χ1n) is 11.3. The Kier molecular flexibility index (Phi) is 5.54. The van der Waals surface area contributed by atoms with Crippen LogP contribution in [0.1, 0.15) is 35.6 Å². The molecule has 5 rings (SSSR count). The first-order chi connectivity index (χ1) is 16.0. The number of aryl methyl sites for hydroxylation is 3. The van der Waals surface area contributed by atoms with Gasteiger partial charge in [0, 0.05) is 41.7 Å². The maximum atomic E-state index is 13.3. The molecule has 6 nitrogen and oxygen atoms in total. The number of nitrogens with one attached hydrogen (secondary N) is 1. The summed E-state index contributed by atoms with van der Waals surface area (Å²) in [5.74, 6) is 0.730. The summed E-state index contributed by atoms with van der Waals surface area (Å²) in [6.07, 6.45) is 5.70. The molecule has 0 saturated heterocycles. The number of rotatable bonds is 5. The van der Waals surface area contributed by atoms with E-state index >= 15 is 0 Å². The molecule has 1 amide bonds. The van der Waals surface area contributed by atoms with Crippen LogP contribution in [0.25, 0.3) is 16.9 Å². The predicted octanol–water partition coefficient (Wildman–Crippen LogP) is 5.01. The van der Waals surface area contributed by atoms with Crippen LogP contribution >= 0.6 is 0 Å². The Morgan fingerprint density at radius 2 is 1.94 bits per heavy atom. The Morgan fingerprint density at radius 3 is 2.73 bits per heavy atom. The fraction of sp³-hybridized carbons (Fsp3) is 0.269. The number of carbonyl (C=O) groups is 1. The molecule has 0 spiro atoms. The lowest BCUT2D eigenvalue weighted by atomic mass is 10.1. The number of imidazole rings is 1. The van der Waals surface area contributed by atoms with E-state index in [4.69, 9.17) is 4.98 Å². The zero-order chi connectivity index (χ0) is 22.9. The Morgan fingerprint density at radius 1 is 1.12 bits per heavy atom. The molecule has 2 aromatic heterocycles. The second-order valence-corrected chi connectivity index (χ2v) is 8.54. The predicted molar refractivity (Wildman–Crippen MR) is 126 cm³/mol. The van der Waals surface area contributed by atoms with E-state index in [-0.39, 0.29) is 18.1 Å². The molecule has 0 unspecified atom stereocenters. The Balaban J connectivity index is 1.32. The number of nitrogens with zero attached hydrogens (tertiary/aromatic N) is 4. The molecular formula is C26H26FN5O. The average Bonchev–Trinajstić information content (AvgIpc) is 3.36. The number of halogens is 1. The summed E-state index contributed by atoms with van der Waals surface area (Å²) in [7, 11) is 0. The van der Waals surface area contributed by atoms with Gasteiger partial charge in [0.05, 0.1) is 23.5 Å². The summed E-state index contributed by atoms with van der Waals surface area (Å²) >= 11 is 0. The second-order valence-electron chi connectivity index (χ2n) is 8.54. The maximum Gasteiger partial charge on any atom is 0.228 e. The summed E-state index contributed by atoms with van der Waals surface area (Å²) in [6.45, 7) is 4.83. The van der Waals surface area contributed by atoms with Gasteiger partial charge >= 0.3 is 0 Å². The highest BCUT2D eigenvalue weighted by Crippen LogP contribution is 2.25. The van der Waals surface area contributed by atoms with Crippen LogP contribution in [0.3, 0.4) is 0 Å². The van der Waals surface area contributed by atoms with Gasteiger partial charge in [0.1, 0.15) is 11.6 Å². The molecule has 0 saturated carbocycles. The van der Waals surface area contributed by atoms with E-state index in [1.807, 2.05) is 38.1 Å². The highest BCUT2D eigenvalue weighted by molar-refractivity contribution is 5.93. The molecule has 0 radical (unpaired) electrons. The largest absolute Gasteiger partial charge is 0.334 e. The van der Waals surface area contributed by atoms with Crippen LogP contribution in [0.4, 0.5) is 10.1 Å². The fourth-order valence-corrected chi connectivity index (χ4v) is 4.44. The minimum Gasteiger partial charge on any atom is -0.334 e. The first-order valence-corrected chi connectivity index (χ1v) is 11.3. The molecule has 0 atom stereocenters. The van der Waals surface area contributed by atoms with E-state index < -0.39 is 0 Å². The van der Waals surface area contributed by atoms with Gasteiger partial charge in [0.15, 0.2) is 0 Å². The van der Waals surface area contributed by atoms with Crippen molar-refractivity contribution in [3.05, 3.63) is 83.3 Å². The third-order valence-electron chi connectivity index (χ3n) is 6.20. The van der Waals surface area contributed by atoms with Crippen molar-refractivity contribution in [2.45, 2.75) is 46.1 Å². The molecule has 1 aliphatic rings. The van der Waals surface area contributed by atoms with E-state index in [9.17, 15) is 9.18 Å². The molecule has 1 N–H and O–H groups in total. The van der Waals surface area contributed by atoms with Gasteiger partial charge in [-0.25, -0.2) is 14.1 Å². The monoisotopic (exact) mass is 443 g/mol. The van der Waals surface area contributed by atoms with Crippen LogP contribution in [0.2, 0.25) is 0 Å². The minimum absolute atomic E-state index is 0.110. The van der Waals surface area contributed by atoms with Crippen LogP contribution in [-0.2, 0) is 24.2 Å². The number of benzene rings is 2. The highest BCUT2D eigenvalue weighted by Gasteiger charge is 2.17. The fourth-order valence-electron chi connectivity index (χ4n) is 4.44. The topological polar surface area (TPSA) is 64.7 Å². The third kappa shape index (κ3) is 4.31. The second kappa shape index (κ2) is 8.65. The zero-order valence-corrected chi connectivity index (χ0v) is 18.8. The number of hydrogen-bond acceptors (Lipinski definition) is 3. The van der Waals surface area contributed by atoms with E-state index in [2.05, 4.69) is 21.2 Å². The van der Waals surface area contributed by atoms with Crippen LogP contribution in [0.15, 0.2) is 54.7 Å². The molecule has 1 aliphatic heterocycles. The summed E-state index contributed by atoms with van der Waals surface area (Å²) in [4.78, 5) is 17.7. The maximum absolute atomic E-state index is 13.3. The number of aromatic nitrogens is 4. The molecule has 4 aromatic rings. The Hall–Kier alpha value is -3.74. The number of anilines is 1. The van der Waals surface area contributed by atoms with Crippen molar-refractivity contribution < 1.29 is 9.18 Å². The quantitative estimate of drug-likeness (QED) is 0.472. The normalized spacial score (nSPS) is 13.1. The van der Waals surface area contributed by atoms with E-state index in [1.54, 1.807) is 16.8 Å². The molecule has 0 fully saturated rings. The smallest absolute Gasteiger partial charge is 0.228 e. The molecule has 0 bridgehead atoms. The molecule has 7 heteroatoms. The standard InChI is InChI=1S/C26H26FN5O/c1-17-23(18(2)32(30-17)22-11-9-20(27)10-12-22)15-26(33)28-21-7-5-6-19(14-21)24-16-31-13-4-3-8-25(31)29-24/h5-7,9-12,14,16H,3-4,8,13,15H2,1-2H3,(H,28,33). The molecule has 168 valence electrons. The summed E-state index contributed by atoms with van der Waals surface area (Å²) in [5.41, 5.74) is 5.95. The van der Waals surface area contributed by atoms with Crippen molar-refractivity contribution in [1.29, 1.82) is 0 Å². The molecule has 0 aliphatic carbocycles. The van der Waals surface area contributed by atoms with E-state index in [0.717, 1.165) is 58.4 Å². The number of fused-ring (bicyclic) bond motifs is 1. The van der Waals surface area contributed by atoms with E-state index in [0.29, 0.717) is 0 Å². The summed E-state index contributed by atoms with van der Waals surface area (Å²) in [5, 5.41) is 7.57. The van der Waals surface area contributed by atoms with Crippen molar-refractivity contribution in [3.8, 4) is 16.9 Å². The Bertz CT molecular complexity index is 1300.